The van der Waals surface area contributed by atoms with E-state index in [0.717, 1.165) is 25.9 Å². The third kappa shape index (κ3) is 4.31. The number of carbonyl (C=O) groups is 1. The van der Waals surface area contributed by atoms with Crippen molar-refractivity contribution in [2.75, 3.05) is 20.1 Å². The molecular weight excluding hydrogens is 260 g/mol. The maximum atomic E-state index is 12.4. The van der Waals surface area contributed by atoms with Crippen LogP contribution >= 0.6 is 0 Å². The van der Waals surface area contributed by atoms with Crippen LogP contribution < -0.4 is 5.32 Å². The number of amides is 1. The largest absolute Gasteiger partial charge is 0.341 e. The molecule has 0 spiro atoms. The number of piperidine rings is 1. The first-order chi connectivity index (χ1) is 9.88. The average Bonchev–Trinajstić information content (AvgIpc) is 2.47. The van der Waals surface area contributed by atoms with E-state index in [1.165, 1.54) is 11.1 Å². The molecule has 1 atom stereocenters. The molecule has 21 heavy (non-hydrogen) atoms. The molecule has 3 nitrogen and oxygen atoms in total. The topological polar surface area (TPSA) is 32.3 Å². The van der Waals surface area contributed by atoms with Gasteiger partial charge in [-0.1, -0.05) is 45.0 Å². The van der Waals surface area contributed by atoms with Gasteiger partial charge in [-0.15, -0.1) is 0 Å². The van der Waals surface area contributed by atoms with Crippen LogP contribution in [-0.4, -0.2) is 30.9 Å². The van der Waals surface area contributed by atoms with E-state index in [1.807, 2.05) is 11.9 Å². The van der Waals surface area contributed by atoms with Gasteiger partial charge in [0.1, 0.15) is 0 Å². The first kappa shape index (κ1) is 16.0. The summed E-state index contributed by atoms with van der Waals surface area (Å²) in [6, 6.07) is 8.64. The lowest BCUT2D eigenvalue weighted by molar-refractivity contribution is -0.135. The fourth-order valence-electron chi connectivity index (χ4n) is 2.84. The Kier molecular flexibility index (Phi) is 5.04. The lowest BCUT2D eigenvalue weighted by Crippen LogP contribution is -2.41. The molecule has 0 aromatic heterocycles. The summed E-state index contributed by atoms with van der Waals surface area (Å²) in [5.74, 6) is 0.416. The van der Waals surface area contributed by atoms with Crippen molar-refractivity contribution in [3.8, 4) is 0 Å². The number of benzene rings is 1. The molecule has 3 heteroatoms. The van der Waals surface area contributed by atoms with Gasteiger partial charge in [0.15, 0.2) is 0 Å². The SMILES string of the molecule is CN(Cc1ccc(C(C)(C)C)cc1)C(=O)[C@@H]1CCCNC1. The van der Waals surface area contributed by atoms with E-state index >= 15 is 0 Å². The van der Waals surface area contributed by atoms with Gasteiger partial charge in [-0.3, -0.25) is 4.79 Å². The maximum absolute atomic E-state index is 12.4. The summed E-state index contributed by atoms with van der Waals surface area (Å²) in [4.78, 5) is 14.3. The molecule has 1 aliphatic heterocycles. The lowest BCUT2D eigenvalue weighted by atomic mass is 9.87. The number of carbonyl (C=O) groups excluding carboxylic acids is 1. The van der Waals surface area contributed by atoms with E-state index in [-0.39, 0.29) is 17.2 Å². The van der Waals surface area contributed by atoms with Crippen LogP contribution in [0.25, 0.3) is 0 Å². The van der Waals surface area contributed by atoms with Gasteiger partial charge in [0.2, 0.25) is 5.91 Å². The second kappa shape index (κ2) is 6.61. The van der Waals surface area contributed by atoms with Crippen molar-refractivity contribution in [3.05, 3.63) is 35.4 Å². The fourth-order valence-corrected chi connectivity index (χ4v) is 2.84. The highest BCUT2D eigenvalue weighted by atomic mass is 16.2. The van der Waals surface area contributed by atoms with Gasteiger partial charge in [0.25, 0.3) is 0 Å². The van der Waals surface area contributed by atoms with Crippen LogP contribution in [0.5, 0.6) is 0 Å². The summed E-state index contributed by atoms with van der Waals surface area (Å²) >= 11 is 0. The van der Waals surface area contributed by atoms with E-state index in [0.29, 0.717) is 6.54 Å². The van der Waals surface area contributed by atoms with E-state index in [1.54, 1.807) is 0 Å². The number of nitrogens with one attached hydrogen (secondary N) is 1. The van der Waals surface area contributed by atoms with E-state index < -0.39 is 0 Å². The molecule has 2 rings (SSSR count). The molecule has 1 aliphatic rings. The number of hydrogen-bond donors (Lipinski definition) is 1. The van der Waals surface area contributed by atoms with Crippen LogP contribution in [0.4, 0.5) is 0 Å². The maximum Gasteiger partial charge on any atom is 0.227 e. The highest BCUT2D eigenvalue weighted by Gasteiger charge is 2.23. The molecule has 1 amide bonds. The van der Waals surface area contributed by atoms with Crippen LogP contribution in [0.15, 0.2) is 24.3 Å². The van der Waals surface area contributed by atoms with Gasteiger partial charge in [0.05, 0.1) is 5.92 Å². The number of rotatable bonds is 3. The highest BCUT2D eigenvalue weighted by Crippen LogP contribution is 2.22. The minimum Gasteiger partial charge on any atom is -0.341 e. The van der Waals surface area contributed by atoms with Crippen molar-refractivity contribution in [2.24, 2.45) is 5.92 Å². The Morgan fingerprint density at radius 2 is 1.95 bits per heavy atom. The predicted octanol–water partition coefficient (Wildman–Crippen LogP) is 2.94. The Bertz CT molecular complexity index is 467. The molecule has 0 unspecified atom stereocenters. The summed E-state index contributed by atoms with van der Waals surface area (Å²) in [7, 11) is 1.91. The van der Waals surface area contributed by atoms with Crippen LogP contribution in [-0.2, 0) is 16.8 Å². The normalized spacial score (nSPS) is 19.3. The Morgan fingerprint density at radius 3 is 2.48 bits per heavy atom. The van der Waals surface area contributed by atoms with Gasteiger partial charge in [-0.05, 0) is 35.9 Å². The van der Waals surface area contributed by atoms with Crippen molar-refractivity contribution in [2.45, 2.75) is 45.6 Å². The predicted molar refractivity (Wildman–Crippen MR) is 87.2 cm³/mol. The first-order valence-corrected chi connectivity index (χ1v) is 7.93. The Hall–Kier alpha value is -1.35. The van der Waals surface area contributed by atoms with E-state index in [9.17, 15) is 4.79 Å². The van der Waals surface area contributed by atoms with Crippen LogP contribution in [0.3, 0.4) is 0 Å². The summed E-state index contributed by atoms with van der Waals surface area (Å²) in [6.45, 7) is 9.21. The monoisotopic (exact) mass is 288 g/mol. The summed E-state index contributed by atoms with van der Waals surface area (Å²) < 4.78 is 0. The van der Waals surface area contributed by atoms with E-state index in [4.69, 9.17) is 0 Å². The van der Waals surface area contributed by atoms with Crippen molar-refractivity contribution in [1.82, 2.24) is 10.2 Å². The summed E-state index contributed by atoms with van der Waals surface area (Å²) in [6.07, 6.45) is 2.11. The molecule has 1 saturated heterocycles. The third-order valence-electron chi connectivity index (χ3n) is 4.26. The lowest BCUT2D eigenvalue weighted by Gasteiger charge is -2.27. The molecule has 0 aliphatic carbocycles. The quantitative estimate of drug-likeness (QED) is 0.927. The van der Waals surface area contributed by atoms with Crippen molar-refractivity contribution in [1.29, 1.82) is 0 Å². The molecule has 0 bridgehead atoms. The fraction of sp³-hybridized carbons (Fsp3) is 0.611. The van der Waals surface area contributed by atoms with Crippen molar-refractivity contribution in [3.63, 3.8) is 0 Å². The third-order valence-corrected chi connectivity index (χ3v) is 4.26. The minimum atomic E-state index is 0.151. The summed E-state index contributed by atoms with van der Waals surface area (Å²) in [5, 5.41) is 3.31. The Morgan fingerprint density at radius 1 is 1.29 bits per heavy atom. The van der Waals surface area contributed by atoms with Crippen LogP contribution in [0, 0.1) is 5.92 Å². The molecule has 1 N–H and O–H groups in total. The molecule has 1 aromatic rings. The zero-order valence-electron chi connectivity index (χ0n) is 13.8. The van der Waals surface area contributed by atoms with Gasteiger partial charge >= 0.3 is 0 Å². The van der Waals surface area contributed by atoms with Crippen LogP contribution in [0.2, 0.25) is 0 Å². The van der Waals surface area contributed by atoms with E-state index in [2.05, 4.69) is 50.4 Å². The average molecular weight is 288 g/mol. The molecule has 1 fully saturated rings. The molecule has 0 radical (unpaired) electrons. The molecular formula is C18H28N2O. The highest BCUT2D eigenvalue weighted by molar-refractivity contribution is 5.78. The van der Waals surface area contributed by atoms with Crippen molar-refractivity contribution >= 4 is 5.91 Å². The Balaban J connectivity index is 1.95. The zero-order valence-corrected chi connectivity index (χ0v) is 13.8. The number of nitrogens with zero attached hydrogens (tertiary/aromatic N) is 1. The summed E-state index contributed by atoms with van der Waals surface area (Å²) in [5.41, 5.74) is 2.70. The standard InChI is InChI=1S/C18H28N2O/c1-18(2,3)16-9-7-14(8-10-16)13-20(4)17(21)15-6-5-11-19-12-15/h7-10,15,19H,5-6,11-13H2,1-4H3/t15-/m1/s1. The Labute approximate surface area is 128 Å². The van der Waals surface area contributed by atoms with Crippen LogP contribution in [0.1, 0.15) is 44.7 Å². The molecule has 0 saturated carbocycles. The van der Waals surface area contributed by atoms with Gasteiger partial charge < -0.3 is 10.2 Å². The van der Waals surface area contributed by atoms with Gasteiger partial charge in [-0.2, -0.15) is 0 Å². The smallest absolute Gasteiger partial charge is 0.227 e. The van der Waals surface area contributed by atoms with Gasteiger partial charge in [0, 0.05) is 20.1 Å². The first-order valence-electron chi connectivity index (χ1n) is 7.93. The molecule has 116 valence electrons. The van der Waals surface area contributed by atoms with Gasteiger partial charge in [-0.25, -0.2) is 0 Å². The molecule has 1 heterocycles. The molecule has 1 aromatic carbocycles. The minimum absolute atomic E-state index is 0.151. The zero-order chi connectivity index (χ0) is 15.5. The second-order valence-corrected chi connectivity index (χ2v) is 7.18. The second-order valence-electron chi connectivity index (χ2n) is 7.18. The van der Waals surface area contributed by atoms with Crippen molar-refractivity contribution < 1.29 is 4.79 Å². The number of hydrogen-bond acceptors (Lipinski definition) is 2.